The molecule has 4 rings (SSSR count). The molecular formula is C26H32ClN5O3S. The van der Waals surface area contributed by atoms with E-state index in [4.69, 9.17) is 14.7 Å². The second kappa shape index (κ2) is 11.4. The van der Waals surface area contributed by atoms with Crippen LogP contribution in [0.15, 0.2) is 35.9 Å². The molecule has 36 heavy (non-hydrogen) atoms. The van der Waals surface area contributed by atoms with Gasteiger partial charge in [-0.2, -0.15) is 5.01 Å². The minimum atomic E-state index is -0.400. The monoisotopic (exact) mass is 529 g/mol. The molecule has 3 heterocycles. The number of nitrogens with zero attached hydrogens (tertiary/aromatic N) is 4. The molecule has 0 radical (unpaired) electrons. The summed E-state index contributed by atoms with van der Waals surface area (Å²) in [5.74, 6) is 1.56. The third-order valence-electron chi connectivity index (χ3n) is 5.67. The SMILES string of the molecule is CC1=CC(=O)N(Nc2nc(CC(C)C)nc3sc(-c4ccc(OCCN(C)C)cc4)c(C)c23)C1=O.Cl. The molecule has 0 unspecified atom stereocenters. The Bertz CT molecular complexity index is 1300. The summed E-state index contributed by atoms with van der Waals surface area (Å²) in [6.07, 6.45) is 2.02. The quantitative estimate of drug-likeness (QED) is 0.396. The number of amides is 2. The van der Waals surface area contributed by atoms with Crippen molar-refractivity contribution in [3.8, 4) is 16.2 Å². The second-order valence-corrected chi connectivity index (χ2v) is 10.4. The maximum absolute atomic E-state index is 12.5. The molecule has 1 aromatic carbocycles. The molecule has 0 atom stereocenters. The number of nitrogens with one attached hydrogen (secondary N) is 1. The minimum Gasteiger partial charge on any atom is -0.492 e. The van der Waals surface area contributed by atoms with Gasteiger partial charge in [0.05, 0.1) is 5.39 Å². The van der Waals surface area contributed by atoms with E-state index < -0.39 is 5.91 Å². The highest BCUT2D eigenvalue weighted by Gasteiger charge is 2.30. The molecule has 1 N–H and O–H groups in total. The Morgan fingerprint density at radius 2 is 1.81 bits per heavy atom. The summed E-state index contributed by atoms with van der Waals surface area (Å²) in [5, 5.41) is 1.83. The third-order valence-corrected chi connectivity index (χ3v) is 6.90. The van der Waals surface area contributed by atoms with Crippen molar-refractivity contribution in [3.63, 3.8) is 0 Å². The van der Waals surface area contributed by atoms with Gasteiger partial charge in [-0.1, -0.05) is 13.8 Å². The summed E-state index contributed by atoms with van der Waals surface area (Å²) in [7, 11) is 4.03. The van der Waals surface area contributed by atoms with E-state index in [0.29, 0.717) is 36.2 Å². The fourth-order valence-corrected chi connectivity index (χ4v) is 5.05. The molecule has 10 heteroatoms. The number of carbonyl (C=O) groups excluding carboxylic acids is 2. The zero-order chi connectivity index (χ0) is 25.3. The van der Waals surface area contributed by atoms with Crippen molar-refractivity contribution < 1.29 is 14.3 Å². The standard InChI is InChI=1S/C26H31N5O3S.ClH/c1-15(2)13-20-27-24(29-31-21(32)14-16(3)26(31)33)22-17(4)23(35-25(22)28-20)18-7-9-19(10-8-18)34-12-11-30(5)6;/h7-10,14-15H,11-13H2,1-6H3,(H,27,28,29);1H. The molecular weight excluding hydrogens is 498 g/mol. The lowest BCUT2D eigenvalue weighted by Crippen LogP contribution is -2.36. The molecule has 0 fully saturated rings. The van der Waals surface area contributed by atoms with E-state index in [-0.39, 0.29) is 18.3 Å². The van der Waals surface area contributed by atoms with Gasteiger partial charge in [-0.15, -0.1) is 23.7 Å². The summed E-state index contributed by atoms with van der Waals surface area (Å²) in [4.78, 5) is 38.4. The number of fused-ring (bicyclic) bond motifs is 1. The van der Waals surface area contributed by atoms with Crippen LogP contribution < -0.4 is 10.2 Å². The van der Waals surface area contributed by atoms with Gasteiger partial charge in [-0.05, 0) is 69.3 Å². The summed E-state index contributed by atoms with van der Waals surface area (Å²) < 4.78 is 5.83. The van der Waals surface area contributed by atoms with E-state index in [1.807, 2.05) is 45.3 Å². The number of hydrogen-bond donors (Lipinski definition) is 1. The number of halogens is 1. The van der Waals surface area contributed by atoms with E-state index in [0.717, 1.165) is 43.5 Å². The highest BCUT2D eigenvalue weighted by Crippen LogP contribution is 2.41. The zero-order valence-corrected chi connectivity index (χ0v) is 23.0. The van der Waals surface area contributed by atoms with Gasteiger partial charge in [0.1, 0.15) is 23.0 Å². The highest BCUT2D eigenvalue weighted by atomic mass is 35.5. The summed E-state index contributed by atoms with van der Waals surface area (Å²) in [6.45, 7) is 9.33. The van der Waals surface area contributed by atoms with Crippen LogP contribution in [0.2, 0.25) is 0 Å². The lowest BCUT2D eigenvalue weighted by Gasteiger charge is -2.18. The smallest absolute Gasteiger partial charge is 0.275 e. The van der Waals surface area contributed by atoms with Crippen LogP contribution in [0.4, 0.5) is 5.82 Å². The number of thiophene rings is 1. The Hall–Kier alpha value is -3.01. The molecule has 0 spiro atoms. The number of anilines is 1. The van der Waals surface area contributed by atoms with Gasteiger partial charge in [-0.25, -0.2) is 9.97 Å². The third kappa shape index (κ3) is 5.86. The average molecular weight is 530 g/mol. The second-order valence-electron chi connectivity index (χ2n) is 9.42. The van der Waals surface area contributed by atoms with Crippen LogP contribution in [0.25, 0.3) is 20.7 Å². The Labute approximate surface area is 221 Å². The van der Waals surface area contributed by atoms with Crippen LogP contribution in [-0.4, -0.2) is 58.9 Å². The molecule has 0 bridgehead atoms. The van der Waals surface area contributed by atoms with Gasteiger partial charge in [0.15, 0.2) is 5.82 Å². The normalized spacial score (nSPS) is 13.6. The minimum absolute atomic E-state index is 0. The highest BCUT2D eigenvalue weighted by molar-refractivity contribution is 7.22. The number of aromatic nitrogens is 2. The first-order chi connectivity index (χ1) is 16.6. The number of ether oxygens (including phenoxy) is 1. The molecule has 1 aliphatic rings. The summed E-state index contributed by atoms with van der Waals surface area (Å²) in [5.41, 5.74) is 5.43. The Morgan fingerprint density at radius 1 is 1.11 bits per heavy atom. The van der Waals surface area contributed by atoms with E-state index in [2.05, 4.69) is 24.2 Å². The number of likely N-dealkylation sites (N-methyl/N-ethyl adjacent to an activating group) is 1. The molecule has 8 nitrogen and oxygen atoms in total. The van der Waals surface area contributed by atoms with Crippen LogP contribution in [0, 0.1) is 12.8 Å². The van der Waals surface area contributed by atoms with E-state index >= 15 is 0 Å². The van der Waals surface area contributed by atoms with Crippen molar-refractivity contribution in [1.82, 2.24) is 19.9 Å². The molecule has 0 saturated heterocycles. The number of benzene rings is 1. The van der Waals surface area contributed by atoms with Crippen molar-refractivity contribution in [2.75, 3.05) is 32.7 Å². The first-order valence-corrected chi connectivity index (χ1v) is 12.5. The summed E-state index contributed by atoms with van der Waals surface area (Å²) >= 11 is 1.58. The van der Waals surface area contributed by atoms with Gasteiger partial charge in [0.25, 0.3) is 11.8 Å². The Kier molecular flexibility index (Phi) is 8.71. The molecule has 0 aliphatic carbocycles. The molecule has 192 valence electrons. The number of carbonyl (C=O) groups is 2. The van der Waals surface area contributed by atoms with Crippen molar-refractivity contribution in [1.29, 1.82) is 0 Å². The van der Waals surface area contributed by atoms with E-state index in [9.17, 15) is 9.59 Å². The number of hydrogen-bond acceptors (Lipinski definition) is 8. The van der Waals surface area contributed by atoms with Crippen LogP contribution in [0.5, 0.6) is 5.75 Å². The fraction of sp³-hybridized carbons (Fsp3) is 0.385. The predicted octanol–water partition coefficient (Wildman–Crippen LogP) is 4.87. The van der Waals surface area contributed by atoms with Crippen molar-refractivity contribution in [2.24, 2.45) is 5.92 Å². The predicted molar refractivity (Wildman–Crippen MR) is 147 cm³/mol. The maximum Gasteiger partial charge on any atom is 0.275 e. The molecule has 2 aromatic heterocycles. The van der Waals surface area contributed by atoms with Crippen molar-refractivity contribution in [3.05, 3.63) is 47.3 Å². The number of rotatable bonds is 9. The van der Waals surface area contributed by atoms with E-state index in [1.165, 1.54) is 6.08 Å². The van der Waals surface area contributed by atoms with Crippen LogP contribution in [-0.2, 0) is 16.0 Å². The Morgan fingerprint density at radius 3 is 2.39 bits per heavy atom. The zero-order valence-electron chi connectivity index (χ0n) is 21.4. The largest absolute Gasteiger partial charge is 0.492 e. The number of imide groups is 1. The first kappa shape index (κ1) is 27.6. The maximum atomic E-state index is 12.5. The topological polar surface area (TPSA) is 87.7 Å². The molecule has 0 saturated carbocycles. The van der Waals surface area contributed by atoms with E-state index in [1.54, 1.807) is 18.3 Å². The molecule has 3 aromatic rings. The van der Waals surface area contributed by atoms with Crippen molar-refractivity contribution in [2.45, 2.75) is 34.1 Å². The van der Waals surface area contributed by atoms with Crippen LogP contribution in [0.1, 0.15) is 32.2 Å². The van der Waals surface area contributed by atoms with Crippen LogP contribution in [0.3, 0.4) is 0 Å². The summed E-state index contributed by atoms with van der Waals surface area (Å²) in [6, 6.07) is 8.03. The van der Waals surface area contributed by atoms with Gasteiger partial charge in [0, 0.05) is 29.5 Å². The first-order valence-electron chi connectivity index (χ1n) is 11.7. The number of aryl methyl sites for hydroxylation is 1. The fourth-order valence-electron chi connectivity index (χ4n) is 3.84. The van der Waals surface area contributed by atoms with Gasteiger partial charge >= 0.3 is 0 Å². The van der Waals surface area contributed by atoms with Crippen LogP contribution >= 0.6 is 23.7 Å². The number of hydrazine groups is 1. The lowest BCUT2D eigenvalue weighted by molar-refractivity contribution is -0.135. The van der Waals surface area contributed by atoms with Gasteiger partial charge < -0.3 is 9.64 Å². The van der Waals surface area contributed by atoms with Gasteiger partial charge in [-0.3, -0.25) is 15.0 Å². The molecule has 2 amide bonds. The molecule has 1 aliphatic heterocycles. The average Bonchev–Trinajstić information content (AvgIpc) is 3.24. The van der Waals surface area contributed by atoms with Gasteiger partial charge in [0.2, 0.25) is 0 Å². The lowest BCUT2D eigenvalue weighted by atomic mass is 10.1. The van der Waals surface area contributed by atoms with Crippen molar-refractivity contribution >= 4 is 51.6 Å². The Balaban J connectivity index is 0.00000361.